The van der Waals surface area contributed by atoms with Crippen LogP contribution in [-0.4, -0.2) is 33.1 Å². The Bertz CT molecular complexity index is 1110. The molecule has 0 unspecified atom stereocenters. The first-order valence-corrected chi connectivity index (χ1v) is 10.2. The van der Waals surface area contributed by atoms with E-state index in [0.717, 1.165) is 5.56 Å². The molecular weight excluding hydrogens is 396 g/mol. The highest BCUT2D eigenvalue weighted by Crippen LogP contribution is 2.26. The van der Waals surface area contributed by atoms with E-state index in [1.807, 2.05) is 13.0 Å². The van der Waals surface area contributed by atoms with Gasteiger partial charge in [0.25, 0.3) is 5.91 Å². The Morgan fingerprint density at radius 2 is 1.97 bits per heavy atom. The zero-order valence-corrected chi connectivity index (χ0v) is 16.7. The molecule has 0 saturated heterocycles. The lowest BCUT2D eigenvalue weighted by atomic mass is 10.1. The van der Waals surface area contributed by atoms with Gasteiger partial charge in [-0.15, -0.1) is 0 Å². The van der Waals surface area contributed by atoms with Crippen LogP contribution in [0, 0.1) is 6.92 Å². The number of hydrogen-bond donors (Lipinski definition) is 2. The molecule has 2 amide bonds. The number of nitrogens with zero attached hydrogens (tertiary/aromatic N) is 2. The van der Waals surface area contributed by atoms with Crippen LogP contribution in [0.25, 0.3) is 0 Å². The van der Waals surface area contributed by atoms with Crippen LogP contribution in [0.1, 0.15) is 18.4 Å². The molecule has 0 aliphatic carbocycles. The van der Waals surface area contributed by atoms with Crippen molar-refractivity contribution in [2.45, 2.75) is 24.7 Å². The number of amides is 2. The largest absolute Gasteiger partial charge is 0.495 e. The van der Waals surface area contributed by atoms with Crippen LogP contribution in [0.3, 0.4) is 0 Å². The van der Waals surface area contributed by atoms with Crippen LogP contribution in [-0.2, 0) is 19.6 Å². The van der Waals surface area contributed by atoms with E-state index in [-0.39, 0.29) is 40.8 Å². The number of methoxy groups -OCH3 is 1. The Kier molecular flexibility index (Phi) is 5.66. The summed E-state index contributed by atoms with van der Waals surface area (Å²) in [6.45, 7) is 1.89. The van der Waals surface area contributed by atoms with Crippen LogP contribution in [0.4, 0.5) is 11.4 Å². The summed E-state index contributed by atoms with van der Waals surface area (Å²) in [5.74, 6) is -0.689. The Balaban J connectivity index is 1.87. The lowest BCUT2D eigenvalue weighted by Gasteiger charge is -2.23. The topological polar surface area (TPSA) is 131 Å². The van der Waals surface area contributed by atoms with E-state index >= 15 is 0 Å². The van der Waals surface area contributed by atoms with Gasteiger partial charge in [-0.2, -0.15) is 5.10 Å². The smallest absolute Gasteiger partial charge is 0.271 e. The summed E-state index contributed by atoms with van der Waals surface area (Å²) >= 11 is 0. The fourth-order valence-corrected chi connectivity index (χ4v) is 3.58. The Morgan fingerprint density at radius 3 is 2.62 bits per heavy atom. The Labute approximate surface area is 168 Å². The number of hydrogen-bond acceptors (Lipinski definition) is 6. The lowest BCUT2D eigenvalue weighted by Crippen LogP contribution is -2.36. The van der Waals surface area contributed by atoms with Crippen molar-refractivity contribution in [1.29, 1.82) is 0 Å². The van der Waals surface area contributed by atoms with Gasteiger partial charge in [-0.3, -0.25) is 9.59 Å². The first-order chi connectivity index (χ1) is 13.7. The molecule has 3 rings (SSSR count). The van der Waals surface area contributed by atoms with Crippen molar-refractivity contribution in [1.82, 2.24) is 0 Å². The number of nitrogens with one attached hydrogen (secondary N) is 1. The minimum atomic E-state index is -4.04. The molecule has 152 valence electrons. The van der Waals surface area contributed by atoms with Gasteiger partial charge in [0.1, 0.15) is 16.4 Å². The third kappa shape index (κ3) is 4.61. The maximum Gasteiger partial charge on any atom is 0.271 e. The fraction of sp³-hybridized carbons (Fsp3) is 0.211. The van der Waals surface area contributed by atoms with Gasteiger partial charge in [0.2, 0.25) is 15.9 Å². The second-order valence-corrected chi connectivity index (χ2v) is 7.99. The number of aryl methyl sites for hydroxylation is 1. The van der Waals surface area contributed by atoms with E-state index in [1.165, 1.54) is 30.3 Å². The first kappa shape index (κ1) is 20.5. The van der Waals surface area contributed by atoms with E-state index in [0.29, 0.717) is 5.69 Å². The minimum absolute atomic E-state index is 0.0664. The van der Waals surface area contributed by atoms with Crippen LogP contribution in [0.5, 0.6) is 5.75 Å². The van der Waals surface area contributed by atoms with Gasteiger partial charge < -0.3 is 10.1 Å². The summed E-state index contributed by atoms with van der Waals surface area (Å²) in [6, 6.07) is 11.3. The number of primary sulfonamides is 1. The molecule has 1 heterocycles. The molecule has 0 bridgehead atoms. The van der Waals surface area contributed by atoms with Crippen LogP contribution in [0.2, 0.25) is 0 Å². The molecule has 0 atom stereocenters. The summed E-state index contributed by atoms with van der Waals surface area (Å²) in [5.41, 5.74) is 1.89. The Morgan fingerprint density at radius 1 is 1.21 bits per heavy atom. The van der Waals surface area contributed by atoms with E-state index in [9.17, 15) is 18.0 Å². The molecule has 29 heavy (non-hydrogen) atoms. The highest BCUT2D eigenvalue weighted by molar-refractivity contribution is 7.89. The predicted molar refractivity (Wildman–Crippen MR) is 108 cm³/mol. The van der Waals surface area contributed by atoms with Gasteiger partial charge in [-0.25, -0.2) is 18.6 Å². The highest BCUT2D eigenvalue weighted by atomic mass is 32.2. The van der Waals surface area contributed by atoms with Crippen LogP contribution in [0.15, 0.2) is 52.5 Å². The van der Waals surface area contributed by atoms with Gasteiger partial charge in [0, 0.05) is 18.5 Å². The van der Waals surface area contributed by atoms with Gasteiger partial charge in [-0.1, -0.05) is 12.1 Å². The third-order valence-corrected chi connectivity index (χ3v) is 5.20. The summed E-state index contributed by atoms with van der Waals surface area (Å²) in [5, 5.41) is 13.2. The number of carbonyl (C=O) groups excluding carboxylic acids is 2. The summed E-state index contributed by atoms with van der Waals surface area (Å²) in [4.78, 5) is 24.6. The minimum Gasteiger partial charge on any atom is -0.495 e. The van der Waals surface area contributed by atoms with Gasteiger partial charge in [0.05, 0.1) is 12.8 Å². The molecule has 0 saturated carbocycles. The molecule has 2 aromatic carbocycles. The van der Waals surface area contributed by atoms with Crippen molar-refractivity contribution >= 4 is 38.9 Å². The second kappa shape index (κ2) is 8.02. The zero-order chi connectivity index (χ0) is 21.2. The highest BCUT2D eigenvalue weighted by Gasteiger charge is 2.26. The van der Waals surface area contributed by atoms with Gasteiger partial charge in [0.15, 0.2) is 0 Å². The number of carbonyl (C=O) groups is 2. The maximum absolute atomic E-state index is 12.6. The molecule has 0 spiro atoms. The van der Waals surface area contributed by atoms with Crippen molar-refractivity contribution in [2.24, 2.45) is 10.2 Å². The molecule has 2 aromatic rings. The van der Waals surface area contributed by atoms with Crippen molar-refractivity contribution in [3.8, 4) is 5.75 Å². The van der Waals surface area contributed by atoms with Crippen molar-refractivity contribution < 1.29 is 22.7 Å². The lowest BCUT2D eigenvalue weighted by molar-refractivity contribution is -0.118. The number of ether oxygens (including phenoxy) is 1. The number of benzene rings is 2. The molecule has 3 N–H and O–H groups in total. The van der Waals surface area contributed by atoms with E-state index < -0.39 is 15.9 Å². The van der Waals surface area contributed by atoms with E-state index in [4.69, 9.17) is 9.88 Å². The SMILES string of the molecule is COc1ccc(NC(=O)C2=NN(c3cccc(C)c3)C(=O)CC2)cc1S(N)(=O)=O. The summed E-state index contributed by atoms with van der Waals surface area (Å²) in [6.07, 6.45) is 0.302. The molecule has 0 fully saturated rings. The molecular formula is C19H20N4O5S. The quantitative estimate of drug-likeness (QED) is 0.767. The average Bonchev–Trinajstić information content (AvgIpc) is 2.67. The fourth-order valence-electron chi connectivity index (χ4n) is 2.86. The normalized spacial score (nSPS) is 14.4. The molecule has 0 radical (unpaired) electrons. The standard InChI is InChI=1S/C19H20N4O5S/c1-12-4-3-5-14(10-12)23-18(24)9-7-15(22-23)19(25)21-13-6-8-16(28-2)17(11-13)29(20,26)27/h3-6,8,10-11H,7,9H2,1-2H3,(H,21,25)(H2,20,26,27). The summed E-state index contributed by atoms with van der Waals surface area (Å²) in [7, 11) is -2.73. The van der Waals surface area contributed by atoms with E-state index in [2.05, 4.69) is 10.4 Å². The third-order valence-electron chi connectivity index (χ3n) is 4.27. The number of sulfonamides is 1. The molecule has 10 heteroatoms. The maximum atomic E-state index is 12.6. The van der Waals surface area contributed by atoms with Gasteiger partial charge in [-0.05, 0) is 42.8 Å². The van der Waals surface area contributed by atoms with Crippen molar-refractivity contribution in [2.75, 3.05) is 17.4 Å². The Hall–Kier alpha value is -3.24. The second-order valence-electron chi connectivity index (χ2n) is 6.46. The monoisotopic (exact) mass is 416 g/mol. The predicted octanol–water partition coefficient (Wildman–Crippen LogP) is 1.77. The molecule has 0 aromatic heterocycles. The molecule has 9 nitrogen and oxygen atoms in total. The molecule has 1 aliphatic heterocycles. The molecule has 1 aliphatic rings. The number of rotatable bonds is 5. The first-order valence-electron chi connectivity index (χ1n) is 8.68. The zero-order valence-electron chi connectivity index (χ0n) is 15.9. The van der Waals surface area contributed by atoms with Crippen molar-refractivity contribution in [3.05, 3.63) is 48.0 Å². The van der Waals surface area contributed by atoms with E-state index in [1.54, 1.807) is 18.2 Å². The summed E-state index contributed by atoms with van der Waals surface area (Å²) < 4.78 is 28.5. The number of nitrogens with two attached hydrogens (primary N) is 1. The van der Waals surface area contributed by atoms with Crippen LogP contribution < -0.4 is 20.2 Å². The van der Waals surface area contributed by atoms with Gasteiger partial charge >= 0.3 is 0 Å². The van der Waals surface area contributed by atoms with Crippen LogP contribution >= 0.6 is 0 Å². The average molecular weight is 416 g/mol. The van der Waals surface area contributed by atoms with Crippen molar-refractivity contribution in [3.63, 3.8) is 0 Å². The number of hydrazone groups is 1. The number of anilines is 2.